The first-order valence-electron chi connectivity index (χ1n) is 7.37. The first-order valence-corrected chi connectivity index (χ1v) is 7.37. The molecule has 4 heteroatoms. The van der Waals surface area contributed by atoms with Crippen LogP contribution in [0.3, 0.4) is 0 Å². The van der Waals surface area contributed by atoms with E-state index in [9.17, 15) is 4.79 Å². The van der Waals surface area contributed by atoms with E-state index >= 15 is 0 Å². The number of hydrogen-bond donors (Lipinski definition) is 2. The predicted octanol–water partition coefficient (Wildman–Crippen LogP) is 2.72. The summed E-state index contributed by atoms with van der Waals surface area (Å²) in [5, 5.41) is 3.08. The molecule has 2 saturated carbocycles. The first-order chi connectivity index (χ1) is 9.59. The van der Waals surface area contributed by atoms with Gasteiger partial charge in [-0.05, 0) is 44.1 Å². The van der Waals surface area contributed by atoms with Crippen molar-refractivity contribution in [2.24, 2.45) is 5.73 Å². The molecule has 2 aliphatic carbocycles. The summed E-state index contributed by atoms with van der Waals surface area (Å²) in [6, 6.07) is 9.73. The van der Waals surface area contributed by atoms with Gasteiger partial charge in [-0.2, -0.15) is 0 Å². The van der Waals surface area contributed by atoms with E-state index in [2.05, 4.69) is 5.32 Å². The molecule has 108 valence electrons. The van der Waals surface area contributed by atoms with Crippen LogP contribution in [0, 0.1) is 0 Å². The summed E-state index contributed by atoms with van der Waals surface area (Å²) < 4.78 is 5.32. The molecule has 0 radical (unpaired) electrons. The van der Waals surface area contributed by atoms with Gasteiger partial charge in [-0.1, -0.05) is 30.3 Å². The largest absolute Gasteiger partial charge is 0.445 e. The van der Waals surface area contributed by atoms with E-state index in [0.717, 1.165) is 44.1 Å². The van der Waals surface area contributed by atoms with Crippen LogP contribution in [0.4, 0.5) is 4.79 Å². The second-order valence-electron chi connectivity index (χ2n) is 6.36. The van der Waals surface area contributed by atoms with Gasteiger partial charge < -0.3 is 15.8 Å². The summed E-state index contributed by atoms with van der Waals surface area (Å²) >= 11 is 0. The highest BCUT2D eigenvalue weighted by Gasteiger charge is 2.49. The molecule has 2 aliphatic rings. The Hall–Kier alpha value is -1.55. The van der Waals surface area contributed by atoms with E-state index in [-0.39, 0.29) is 17.2 Å². The van der Waals surface area contributed by atoms with E-state index in [1.54, 1.807) is 0 Å². The standard InChI is InChI=1S/C16H22N2O2/c17-15-7-4-8-16(12-15,10-9-15)18-14(19)20-11-13-5-2-1-3-6-13/h1-3,5-6H,4,7-12,17H2,(H,18,19)/t15-,16+/m0/s1. The molecule has 20 heavy (non-hydrogen) atoms. The van der Waals surface area contributed by atoms with Crippen LogP contribution in [0.1, 0.15) is 44.1 Å². The lowest BCUT2D eigenvalue weighted by Crippen LogP contribution is -2.52. The van der Waals surface area contributed by atoms with Gasteiger partial charge in [0.2, 0.25) is 0 Å². The van der Waals surface area contributed by atoms with Crippen molar-refractivity contribution in [1.82, 2.24) is 5.32 Å². The van der Waals surface area contributed by atoms with Gasteiger partial charge >= 0.3 is 6.09 Å². The number of alkyl carbamates (subject to hydrolysis) is 1. The molecule has 0 aliphatic heterocycles. The summed E-state index contributed by atoms with van der Waals surface area (Å²) in [6.07, 6.45) is 5.74. The summed E-state index contributed by atoms with van der Waals surface area (Å²) in [6.45, 7) is 0.316. The van der Waals surface area contributed by atoms with Crippen molar-refractivity contribution >= 4 is 6.09 Å². The SMILES string of the molecule is N[C@@]12CCC[C@@](NC(=O)OCc3ccccc3)(CC1)C2. The number of nitrogens with two attached hydrogens (primary N) is 1. The van der Waals surface area contributed by atoms with E-state index in [1.807, 2.05) is 30.3 Å². The normalized spacial score (nSPS) is 31.9. The van der Waals surface area contributed by atoms with Gasteiger partial charge in [-0.25, -0.2) is 4.79 Å². The van der Waals surface area contributed by atoms with Crippen LogP contribution in [0.25, 0.3) is 0 Å². The number of hydrogen-bond acceptors (Lipinski definition) is 3. The van der Waals surface area contributed by atoms with Crippen molar-refractivity contribution in [1.29, 1.82) is 0 Å². The Labute approximate surface area is 119 Å². The fraction of sp³-hybridized carbons (Fsp3) is 0.562. The summed E-state index contributed by atoms with van der Waals surface area (Å²) in [5.74, 6) is 0. The molecular formula is C16H22N2O2. The minimum Gasteiger partial charge on any atom is -0.445 e. The Morgan fingerprint density at radius 3 is 2.80 bits per heavy atom. The van der Waals surface area contributed by atoms with Gasteiger partial charge in [-0.3, -0.25) is 0 Å². The Morgan fingerprint density at radius 2 is 2.00 bits per heavy atom. The third kappa shape index (κ3) is 2.80. The fourth-order valence-electron chi connectivity index (χ4n) is 3.69. The monoisotopic (exact) mass is 274 g/mol. The Bertz CT molecular complexity index is 491. The molecule has 2 bridgehead atoms. The molecule has 0 saturated heterocycles. The molecule has 3 N–H and O–H groups in total. The zero-order chi connectivity index (χ0) is 14.1. The van der Waals surface area contributed by atoms with Crippen LogP contribution < -0.4 is 11.1 Å². The lowest BCUT2D eigenvalue weighted by atomic mass is 9.79. The van der Waals surface area contributed by atoms with E-state index in [0.29, 0.717) is 6.61 Å². The molecule has 4 nitrogen and oxygen atoms in total. The molecule has 2 atom stereocenters. The molecule has 1 amide bonds. The molecule has 0 unspecified atom stereocenters. The van der Waals surface area contributed by atoms with Gasteiger partial charge in [0.25, 0.3) is 0 Å². The molecule has 0 aromatic heterocycles. The van der Waals surface area contributed by atoms with Crippen molar-refractivity contribution in [3.8, 4) is 0 Å². The van der Waals surface area contributed by atoms with Crippen molar-refractivity contribution < 1.29 is 9.53 Å². The maximum atomic E-state index is 12.0. The predicted molar refractivity (Wildman–Crippen MR) is 77.1 cm³/mol. The number of benzene rings is 1. The zero-order valence-corrected chi connectivity index (χ0v) is 11.7. The lowest BCUT2D eigenvalue weighted by molar-refractivity contribution is 0.119. The number of nitrogens with one attached hydrogen (secondary N) is 1. The van der Waals surface area contributed by atoms with E-state index in [1.165, 1.54) is 0 Å². The highest BCUT2D eigenvalue weighted by Crippen LogP contribution is 2.46. The Kier molecular flexibility index (Phi) is 3.42. The molecule has 2 fully saturated rings. The number of amides is 1. The molecule has 1 aromatic carbocycles. The second-order valence-corrected chi connectivity index (χ2v) is 6.36. The Balaban J connectivity index is 1.54. The van der Waals surface area contributed by atoms with Crippen LogP contribution >= 0.6 is 0 Å². The van der Waals surface area contributed by atoms with Crippen LogP contribution in [0.2, 0.25) is 0 Å². The van der Waals surface area contributed by atoms with Crippen LogP contribution in [0.15, 0.2) is 30.3 Å². The minimum absolute atomic E-state index is 0.0645. The smallest absolute Gasteiger partial charge is 0.407 e. The van der Waals surface area contributed by atoms with E-state index < -0.39 is 0 Å². The number of fused-ring (bicyclic) bond motifs is 2. The van der Waals surface area contributed by atoms with E-state index in [4.69, 9.17) is 10.5 Å². The number of ether oxygens (including phenoxy) is 1. The number of carbonyl (C=O) groups excluding carboxylic acids is 1. The van der Waals surface area contributed by atoms with Crippen molar-refractivity contribution in [2.75, 3.05) is 0 Å². The van der Waals surface area contributed by atoms with Gasteiger partial charge in [0, 0.05) is 11.1 Å². The number of rotatable bonds is 3. The summed E-state index contributed by atoms with van der Waals surface area (Å²) in [5.41, 5.74) is 7.15. The van der Waals surface area contributed by atoms with Gasteiger partial charge in [-0.15, -0.1) is 0 Å². The quantitative estimate of drug-likeness (QED) is 0.890. The molecule has 1 aromatic rings. The van der Waals surface area contributed by atoms with Crippen molar-refractivity contribution in [3.05, 3.63) is 35.9 Å². The molecular weight excluding hydrogens is 252 g/mol. The van der Waals surface area contributed by atoms with Crippen LogP contribution in [-0.2, 0) is 11.3 Å². The molecule has 3 rings (SSSR count). The molecule has 0 spiro atoms. The maximum absolute atomic E-state index is 12.0. The van der Waals surface area contributed by atoms with Crippen LogP contribution in [0.5, 0.6) is 0 Å². The zero-order valence-electron chi connectivity index (χ0n) is 11.7. The highest BCUT2D eigenvalue weighted by atomic mass is 16.5. The third-order valence-corrected chi connectivity index (χ3v) is 4.70. The molecule has 0 heterocycles. The third-order valence-electron chi connectivity index (χ3n) is 4.70. The summed E-state index contributed by atoms with van der Waals surface area (Å²) in [4.78, 5) is 12.0. The highest BCUT2D eigenvalue weighted by molar-refractivity contribution is 5.68. The fourth-order valence-corrected chi connectivity index (χ4v) is 3.69. The number of carbonyl (C=O) groups is 1. The van der Waals surface area contributed by atoms with Gasteiger partial charge in [0.1, 0.15) is 6.61 Å². The van der Waals surface area contributed by atoms with Crippen molar-refractivity contribution in [2.45, 2.75) is 56.2 Å². The minimum atomic E-state index is -0.319. The topological polar surface area (TPSA) is 64.3 Å². The first kappa shape index (κ1) is 13.4. The second kappa shape index (κ2) is 5.09. The summed E-state index contributed by atoms with van der Waals surface area (Å²) in [7, 11) is 0. The van der Waals surface area contributed by atoms with Crippen molar-refractivity contribution in [3.63, 3.8) is 0 Å². The van der Waals surface area contributed by atoms with Crippen LogP contribution in [-0.4, -0.2) is 17.2 Å². The average molecular weight is 274 g/mol. The van der Waals surface area contributed by atoms with Gasteiger partial charge in [0.15, 0.2) is 0 Å². The Morgan fingerprint density at radius 1 is 1.20 bits per heavy atom. The lowest BCUT2D eigenvalue weighted by Gasteiger charge is -2.37. The maximum Gasteiger partial charge on any atom is 0.407 e. The van der Waals surface area contributed by atoms with Gasteiger partial charge in [0.05, 0.1) is 0 Å². The average Bonchev–Trinajstić information content (AvgIpc) is 2.67.